The number of allylic oxidation sites excluding steroid dienone is 2. The van der Waals surface area contributed by atoms with E-state index in [1.807, 2.05) is 12.2 Å². The van der Waals surface area contributed by atoms with Gasteiger partial charge < -0.3 is 20.3 Å². The number of hydrogen-bond donors (Lipinski definition) is 3. The Hall–Kier alpha value is -1.40. The molecule has 0 aromatic heterocycles. The number of amides is 1. The van der Waals surface area contributed by atoms with Crippen LogP contribution >= 0.6 is 0 Å². The van der Waals surface area contributed by atoms with Gasteiger partial charge >= 0.3 is 5.97 Å². The zero-order valence-electron chi connectivity index (χ0n) is 10.8. The Morgan fingerprint density at radius 2 is 2.00 bits per heavy atom. The number of carboxylic acid groups (broad SMARTS) is 1. The Morgan fingerprint density at radius 3 is 2.58 bits per heavy atom. The summed E-state index contributed by atoms with van der Waals surface area (Å²) in [6.45, 7) is 0.218. The molecule has 1 amide bonds. The van der Waals surface area contributed by atoms with E-state index < -0.39 is 23.9 Å². The third-order valence-electron chi connectivity index (χ3n) is 3.92. The number of nitrogens with one attached hydrogen (secondary N) is 1. The van der Waals surface area contributed by atoms with Crippen LogP contribution in [0.15, 0.2) is 12.2 Å². The van der Waals surface area contributed by atoms with Crippen LogP contribution in [-0.4, -0.2) is 48.5 Å². The van der Waals surface area contributed by atoms with Crippen molar-refractivity contribution < 1.29 is 24.5 Å². The molecule has 0 saturated heterocycles. The predicted octanol–water partition coefficient (Wildman–Crippen LogP) is -0.367. The summed E-state index contributed by atoms with van der Waals surface area (Å²) in [7, 11) is 1.46. The number of ether oxygens (including phenoxy) is 1. The van der Waals surface area contributed by atoms with Crippen LogP contribution in [0.3, 0.4) is 0 Å². The lowest BCUT2D eigenvalue weighted by Crippen LogP contribution is -2.43. The number of rotatable bonds is 6. The van der Waals surface area contributed by atoms with Crippen LogP contribution in [0, 0.1) is 23.7 Å². The van der Waals surface area contributed by atoms with Crippen LogP contribution in [0.1, 0.15) is 6.42 Å². The number of methoxy groups -OCH3 is 1. The lowest BCUT2D eigenvalue weighted by atomic mass is 9.82. The van der Waals surface area contributed by atoms with Crippen LogP contribution in [0.5, 0.6) is 0 Å². The van der Waals surface area contributed by atoms with Gasteiger partial charge in [-0.2, -0.15) is 0 Å². The molecular formula is C13H19NO5. The first kappa shape index (κ1) is 14.0. The topological polar surface area (TPSA) is 95.9 Å². The Balaban J connectivity index is 1.95. The molecule has 1 saturated carbocycles. The number of hydrogen-bond acceptors (Lipinski definition) is 4. The molecule has 0 aromatic carbocycles. The van der Waals surface area contributed by atoms with Crippen molar-refractivity contribution in [2.24, 2.45) is 23.7 Å². The van der Waals surface area contributed by atoms with E-state index in [1.54, 1.807) is 0 Å². The second-order valence-electron chi connectivity index (χ2n) is 5.19. The standard InChI is InChI=1S/C13H19NO5/c1-19-6-9(15)5-14-12(16)10-7-2-3-8(4-7)11(10)13(17)18/h2-3,7-11,15H,4-6H2,1H3,(H,14,16)(H,17,18)/t7?,8?,9?,10-,11+/m0/s1. The predicted molar refractivity (Wildman–Crippen MR) is 66.2 cm³/mol. The van der Waals surface area contributed by atoms with Crippen molar-refractivity contribution >= 4 is 11.9 Å². The molecular weight excluding hydrogens is 250 g/mol. The van der Waals surface area contributed by atoms with E-state index >= 15 is 0 Å². The van der Waals surface area contributed by atoms with E-state index in [4.69, 9.17) is 4.74 Å². The largest absolute Gasteiger partial charge is 0.481 e. The van der Waals surface area contributed by atoms with Crippen molar-refractivity contribution in [3.05, 3.63) is 12.2 Å². The molecule has 0 aromatic rings. The van der Waals surface area contributed by atoms with Crippen LogP contribution in [-0.2, 0) is 14.3 Å². The maximum absolute atomic E-state index is 12.1. The molecule has 6 heteroatoms. The zero-order chi connectivity index (χ0) is 14.0. The summed E-state index contributed by atoms with van der Waals surface area (Å²) in [5.74, 6) is -2.42. The first-order valence-electron chi connectivity index (χ1n) is 6.40. The highest BCUT2D eigenvalue weighted by Gasteiger charge is 2.51. The molecule has 2 aliphatic rings. The molecule has 3 N–H and O–H groups in total. The van der Waals surface area contributed by atoms with E-state index in [0.717, 1.165) is 6.42 Å². The smallest absolute Gasteiger partial charge is 0.307 e. The second-order valence-corrected chi connectivity index (χ2v) is 5.19. The first-order chi connectivity index (χ1) is 9.04. The molecule has 1 fully saturated rings. The van der Waals surface area contributed by atoms with Gasteiger partial charge in [-0.25, -0.2) is 0 Å². The molecule has 2 rings (SSSR count). The van der Waals surface area contributed by atoms with Crippen molar-refractivity contribution in [3.8, 4) is 0 Å². The Labute approximate surface area is 111 Å². The summed E-state index contributed by atoms with van der Waals surface area (Å²) < 4.78 is 4.76. The SMILES string of the molecule is COCC(O)CNC(=O)[C@H]1C2C=CC(C2)[C@H]1C(=O)O. The molecule has 0 aliphatic heterocycles. The van der Waals surface area contributed by atoms with Gasteiger partial charge in [-0.05, 0) is 18.3 Å². The van der Waals surface area contributed by atoms with Gasteiger partial charge in [0.15, 0.2) is 0 Å². The summed E-state index contributed by atoms with van der Waals surface area (Å²) in [6, 6.07) is 0. The van der Waals surface area contributed by atoms with Gasteiger partial charge in [-0.15, -0.1) is 0 Å². The first-order valence-corrected chi connectivity index (χ1v) is 6.40. The maximum Gasteiger partial charge on any atom is 0.307 e. The van der Waals surface area contributed by atoms with Gasteiger partial charge in [-0.1, -0.05) is 12.2 Å². The number of aliphatic carboxylic acids is 1. The summed E-state index contributed by atoms with van der Waals surface area (Å²) >= 11 is 0. The van der Waals surface area contributed by atoms with Gasteiger partial charge in [0.1, 0.15) is 0 Å². The normalized spacial score (nSPS) is 33.4. The van der Waals surface area contributed by atoms with Crippen LogP contribution < -0.4 is 5.32 Å². The Kier molecular flexibility index (Phi) is 4.21. The summed E-state index contributed by atoms with van der Waals surface area (Å²) in [5, 5.41) is 21.3. The Bertz CT molecular complexity index is 394. The van der Waals surface area contributed by atoms with Crippen molar-refractivity contribution in [3.63, 3.8) is 0 Å². The molecule has 0 heterocycles. The fraction of sp³-hybridized carbons (Fsp3) is 0.692. The van der Waals surface area contributed by atoms with E-state index in [1.165, 1.54) is 7.11 Å². The molecule has 19 heavy (non-hydrogen) atoms. The molecule has 2 bridgehead atoms. The van der Waals surface area contributed by atoms with Crippen LogP contribution in [0.2, 0.25) is 0 Å². The van der Waals surface area contributed by atoms with Gasteiger partial charge in [0.25, 0.3) is 0 Å². The molecule has 6 nitrogen and oxygen atoms in total. The third-order valence-corrected chi connectivity index (χ3v) is 3.92. The quantitative estimate of drug-likeness (QED) is 0.572. The van der Waals surface area contributed by atoms with E-state index in [0.29, 0.717) is 0 Å². The second kappa shape index (κ2) is 5.71. The summed E-state index contributed by atoms with van der Waals surface area (Å²) in [4.78, 5) is 23.4. The highest BCUT2D eigenvalue weighted by Crippen LogP contribution is 2.48. The summed E-state index contributed by atoms with van der Waals surface area (Å²) in [6.07, 6.45) is 3.79. The molecule has 0 radical (unpaired) electrons. The van der Waals surface area contributed by atoms with Gasteiger partial charge in [-0.3, -0.25) is 9.59 Å². The molecule has 106 valence electrons. The lowest BCUT2D eigenvalue weighted by Gasteiger charge is -2.24. The minimum absolute atomic E-state index is 0.00525. The minimum Gasteiger partial charge on any atom is -0.481 e. The van der Waals surface area contributed by atoms with Gasteiger partial charge in [0, 0.05) is 13.7 Å². The van der Waals surface area contributed by atoms with Crippen molar-refractivity contribution in [2.45, 2.75) is 12.5 Å². The minimum atomic E-state index is -0.922. The highest BCUT2D eigenvalue weighted by molar-refractivity contribution is 5.86. The number of aliphatic hydroxyl groups is 1. The van der Waals surface area contributed by atoms with Crippen molar-refractivity contribution in [1.82, 2.24) is 5.32 Å². The van der Waals surface area contributed by atoms with Crippen molar-refractivity contribution in [2.75, 3.05) is 20.3 Å². The fourth-order valence-electron chi connectivity index (χ4n) is 3.10. The van der Waals surface area contributed by atoms with Crippen molar-refractivity contribution in [1.29, 1.82) is 0 Å². The van der Waals surface area contributed by atoms with Crippen LogP contribution in [0.4, 0.5) is 0 Å². The number of carbonyl (C=O) groups is 2. The zero-order valence-corrected chi connectivity index (χ0v) is 10.8. The fourth-order valence-corrected chi connectivity index (χ4v) is 3.10. The van der Waals surface area contributed by atoms with Gasteiger partial charge in [0.05, 0.1) is 24.5 Å². The number of aliphatic hydroxyl groups excluding tert-OH is 1. The van der Waals surface area contributed by atoms with Gasteiger partial charge in [0.2, 0.25) is 5.91 Å². The molecule has 0 spiro atoms. The third kappa shape index (κ3) is 2.79. The summed E-state index contributed by atoms with van der Waals surface area (Å²) in [5.41, 5.74) is 0. The van der Waals surface area contributed by atoms with E-state index in [9.17, 15) is 19.8 Å². The highest BCUT2D eigenvalue weighted by atomic mass is 16.5. The number of carbonyl (C=O) groups excluding carboxylic acids is 1. The molecule has 2 aliphatic carbocycles. The average molecular weight is 269 g/mol. The van der Waals surface area contributed by atoms with Crippen LogP contribution in [0.25, 0.3) is 0 Å². The lowest BCUT2D eigenvalue weighted by molar-refractivity contribution is -0.147. The maximum atomic E-state index is 12.1. The van der Waals surface area contributed by atoms with E-state index in [2.05, 4.69) is 5.32 Å². The average Bonchev–Trinajstić information content (AvgIpc) is 2.96. The van der Waals surface area contributed by atoms with E-state index in [-0.39, 0.29) is 30.9 Å². The number of fused-ring (bicyclic) bond motifs is 2. The Morgan fingerprint density at radius 1 is 1.37 bits per heavy atom. The molecule has 3 unspecified atom stereocenters. The molecule has 5 atom stereocenters. The monoisotopic (exact) mass is 269 g/mol. The number of carboxylic acids is 1.